The molecule has 1 N–H and O–H groups in total. The van der Waals surface area contributed by atoms with Crippen LogP contribution >= 0.6 is 7.82 Å². The molecule has 0 aromatic carbocycles. The van der Waals surface area contributed by atoms with Gasteiger partial charge in [-0.15, -0.1) is 0 Å². The quantitative estimate of drug-likeness (QED) is 0.0223. The molecule has 0 heterocycles. The third-order valence-electron chi connectivity index (χ3n) is 8.92. The first-order valence-corrected chi connectivity index (χ1v) is 22.0. The van der Waals surface area contributed by atoms with Crippen LogP contribution in [-0.4, -0.2) is 69.0 Å². The summed E-state index contributed by atoms with van der Waals surface area (Å²) in [6.07, 6.45) is 36.1. The summed E-state index contributed by atoms with van der Waals surface area (Å²) in [4.78, 5) is 22.8. The summed E-state index contributed by atoms with van der Waals surface area (Å²) in [7, 11) is 1.65. The zero-order chi connectivity index (χ0) is 36.3. The molecule has 0 radical (unpaired) electrons. The third-order valence-corrected chi connectivity index (χ3v) is 9.91. The number of allylic oxidation sites excluding steroid dienone is 1. The monoisotopic (exact) mass is 719 g/mol. The second-order valence-electron chi connectivity index (χ2n) is 15.1. The molecule has 0 saturated heterocycles. The number of hydrogen-bond acceptors (Lipinski definition) is 6. The molecule has 9 heteroatoms. The molecular formula is C40H81NO7P+. The molecule has 0 aliphatic carbocycles. The molecule has 0 aromatic rings. The number of likely N-dealkylation sites (N-methyl/N-ethyl adjacent to an activating group) is 1. The van der Waals surface area contributed by atoms with E-state index in [2.05, 4.69) is 13.8 Å². The van der Waals surface area contributed by atoms with E-state index in [9.17, 15) is 14.3 Å². The minimum atomic E-state index is -4.28. The lowest BCUT2D eigenvalue weighted by atomic mass is 10.0. The maximum atomic E-state index is 12.6. The Bertz CT molecular complexity index is 802. The van der Waals surface area contributed by atoms with Crippen LogP contribution in [0.3, 0.4) is 0 Å². The normalized spacial score (nSPS) is 13.9. The highest BCUT2D eigenvalue weighted by molar-refractivity contribution is 7.47. The van der Waals surface area contributed by atoms with Crippen molar-refractivity contribution in [1.29, 1.82) is 0 Å². The molecular weight excluding hydrogens is 637 g/mol. The summed E-state index contributed by atoms with van der Waals surface area (Å²) in [6.45, 7) is 4.94. The number of esters is 1. The Kier molecular flexibility index (Phi) is 33.5. The summed E-state index contributed by atoms with van der Waals surface area (Å²) in [6, 6.07) is 0. The third kappa shape index (κ3) is 38.1. The van der Waals surface area contributed by atoms with E-state index in [-0.39, 0.29) is 25.8 Å². The number of phosphoric acid groups is 1. The first-order valence-electron chi connectivity index (χ1n) is 20.5. The molecule has 0 aliphatic rings. The molecule has 8 nitrogen and oxygen atoms in total. The zero-order valence-electron chi connectivity index (χ0n) is 32.9. The van der Waals surface area contributed by atoms with E-state index in [0.29, 0.717) is 17.4 Å². The molecule has 0 aliphatic heterocycles. The van der Waals surface area contributed by atoms with Crippen molar-refractivity contribution >= 4 is 13.8 Å². The molecule has 0 aromatic heterocycles. The molecule has 292 valence electrons. The van der Waals surface area contributed by atoms with Crippen molar-refractivity contribution in [3.8, 4) is 0 Å². The Hall–Kier alpha value is -0.920. The minimum absolute atomic E-state index is 0.0537. The highest BCUT2D eigenvalue weighted by Gasteiger charge is 2.26. The lowest BCUT2D eigenvalue weighted by molar-refractivity contribution is -0.870. The molecule has 0 bridgehead atoms. The Morgan fingerprint density at radius 3 is 1.51 bits per heavy atom. The maximum absolute atomic E-state index is 12.6. The van der Waals surface area contributed by atoms with Gasteiger partial charge in [-0.1, -0.05) is 162 Å². The van der Waals surface area contributed by atoms with Gasteiger partial charge in [0.2, 0.25) is 0 Å². The van der Waals surface area contributed by atoms with E-state index in [1.54, 1.807) is 6.26 Å². The Labute approximate surface area is 303 Å². The number of carbonyl (C=O) groups excluding carboxylic acids is 1. The molecule has 49 heavy (non-hydrogen) atoms. The SMILES string of the molecule is CCCCCCCCCCCCCCC=COC[C@H](COP(=O)(O)OCC[N+](C)(C)C)OC(=O)CCCCCCCCCCCCCCC. The van der Waals surface area contributed by atoms with Gasteiger partial charge in [0.05, 0.1) is 34.0 Å². The van der Waals surface area contributed by atoms with Crippen LogP contribution in [0.2, 0.25) is 0 Å². The number of hydrogen-bond donors (Lipinski definition) is 1. The number of phosphoric ester groups is 1. The predicted molar refractivity (Wildman–Crippen MR) is 206 cm³/mol. The van der Waals surface area contributed by atoms with Crippen LogP contribution < -0.4 is 0 Å². The Morgan fingerprint density at radius 2 is 1.06 bits per heavy atom. The van der Waals surface area contributed by atoms with E-state index in [1.165, 1.54) is 135 Å². The Balaban J connectivity index is 4.31. The molecule has 0 rings (SSSR count). The van der Waals surface area contributed by atoms with Gasteiger partial charge in [0.25, 0.3) is 0 Å². The lowest BCUT2D eigenvalue weighted by Crippen LogP contribution is -2.37. The number of rotatable bonds is 38. The summed E-state index contributed by atoms with van der Waals surface area (Å²) in [5.74, 6) is -0.334. The second kappa shape index (κ2) is 34.2. The standard InChI is InChI=1S/C40H80NO7P/c1-6-8-10-12-14-16-18-20-22-24-26-28-30-32-35-45-37-39(38-47-49(43,44)46-36-34-41(3,4)5)48-40(42)33-31-29-27-25-23-21-19-17-15-13-11-9-7-2/h32,35,39H,6-31,33-34,36-38H2,1-5H3/p+1/t39-/m1/s1. The molecule has 0 amide bonds. The van der Waals surface area contributed by atoms with Crippen molar-refractivity contribution in [2.75, 3.05) is 47.5 Å². The van der Waals surface area contributed by atoms with Gasteiger partial charge in [-0.25, -0.2) is 4.57 Å². The van der Waals surface area contributed by atoms with Crippen molar-refractivity contribution in [2.45, 2.75) is 193 Å². The van der Waals surface area contributed by atoms with Gasteiger partial charge in [-0.05, 0) is 25.3 Å². The summed E-state index contributed by atoms with van der Waals surface area (Å²) in [5, 5.41) is 0. The van der Waals surface area contributed by atoms with E-state index in [4.69, 9.17) is 18.5 Å². The van der Waals surface area contributed by atoms with Crippen LogP contribution in [-0.2, 0) is 27.9 Å². The fourth-order valence-electron chi connectivity index (χ4n) is 5.69. The molecule has 0 saturated carbocycles. The van der Waals surface area contributed by atoms with Crippen molar-refractivity contribution in [3.05, 3.63) is 12.3 Å². The molecule has 0 spiro atoms. The van der Waals surface area contributed by atoms with Gasteiger partial charge in [0, 0.05) is 6.42 Å². The summed E-state index contributed by atoms with van der Waals surface area (Å²) in [5.41, 5.74) is 0. The predicted octanol–water partition coefficient (Wildman–Crippen LogP) is 11.8. The number of unbranched alkanes of at least 4 members (excludes halogenated alkanes) is 24. The van der Waals surface area contributed by atoms with Crippen LogP contribution in [0, 0.1) is 0 Å². The average molecular weight is 719 g/mol. The van der Waals surface area contributed by atoms with Crippen LogP contribution in [0.4, 0.5) is 0 Å². The fraction of sp³-hybridized carbons (Fsp3) is 0.925. The van der Waals surface area contributed by atoms with Gasteiger partial charge in [0.15, 0.2) is 6.10 Å². The molecule has 2 atom stereocenters. The van der Waals surface area contributed by atoms with Crippen LogP contribution in [0.15, 0.2) is 12.3 Å². The summed E-state index contributed by atoms with van der Waals surface area (Å²) >= 11 is 0. The first-order chi connectivity index (χ1) is 23.6. The van der Waals surface area contributed by atoms with E-state index < -0.39 is 13.9 Å². The fourth-order valence-corrected chi connectivity index (χ4v) is 6.44. The van der Waals surface area contributed by atoms with Gasteiger partial charge < -0.3 is 18.9 Å². The van der Waals surface area contributed by atoms with E-state index in [0.717, 1.165) is 32.1 Å². The number of carbonyl (C=O) groups is 1. The number of ether oxygens (including phenoxy) is 2. The van der Waals surface area contributed by atoms with E-state index >= 15 is 0 Å². The molecule has 0 fully saturated rings. The topological polar surface area (TPSA) is 91.3 Å². The van der Waals surface area contributed by atoms with E-state index in [1.807, 2.05) is 27.2 Å². The minimum Gasteiger partial charge on any atom is -0.498 e. The average Bonchev–Trinajstić information content (AvgIpc) is 3.04. The lowest BCUT2D eigenvalue weighted by Gasteiger charge is -2.24. The van der Waals surface area contributed by atoms with Crippen LogP contribution in [0.5, 0.6) is 0 Å². The highest BCUT2D eigenvalue weighted by atomic mass is 31.2. The van der Waals surface area contributed by atoms with Gasteiger partial charge in [0.1, 0.15) is 19.8 Å². The first kappa shape index (κ1) is 48.1. The van der Waals surface area contributed by atoms with Gasteiger partial charge >= 0.3 is 13.8 Å². The highest BCUT2D eigenvalue weighted by Crippen LogP contribution is 2.43. The smallest absolute Gasteiger partial charge is 0.472 e. The number of quaternary nitrogens is 1. The number of nitrogens with zero attached hydrogens (tertiary/aromatic N) is 1. The van der Waals surface area contributed by atoms with Crippen molar-refractivity contribution in [2.24, 2.45) is 0 Å². The van der Waals surface area contributed by atoms with Crippen molar-refractivity contribution < 1.29 is 37.3 Å². The maximum Gasteiger partial charge on any atom is 0.472 e. The van der Waals surface area contributed by atoms with Crippen molar-refractivity contribution in [3.63, 3.8) is 0 Å². The molecule has 1 unspecified atom stereocenters. The van der Waals surface area contributed by atoms with Gasteiger partial charge in [-0.3, -0.25) is 13.8 Å². The van der Waals surface area contributed by atoms with Crippen molar-refractivity contribution in [1.82, 2.24) is 0 Å². The summed E-state index contributed by atoms with van der Waals surface area (Å²) < 4.78 is 34.7. The van der Waals surface area contributed by atoms with Crippen LogP contribution in [0.1, 0.15) is 187 Å². The Morgan fingerprint density at radius 1 is 0.633 bits per heavy atom. The van der Waals surface area contributed by atoms with Gasteiger partial charge in [-0.2, -0.15) is 0 Å². The second-order valence-corrected chi connectivity index (χ2v) is 16.6. The largest absolute Gasteiger partial charge is 0.498 e. The zero-order valence-corrected chi connectivity index (χ0v) is 33.8. The van der Waals surface area contributed by atoms with Crippen LogP contribution in [0.25, 0.3) is 0 Å².